The van der Waals surface area contributed by atoms with Gasteiger partial charge in [-0.05, 0) is 27.2 Å². The SMILES string of the molecule is CN(C)S(=O)(=O)N1CCCN(C(=O)OC(C)(C)C)CC1. The first-order chi connectivity index (χ1) is 9.04. The highest BCUT2D eigenvalue weighted by atomic mass is 32.2. The van der Waals surface area contributed by atoms with Crippen molar-refractivity contribution in [3.8, 4) is 0 Å². The molecule has 0 aromatic rings. The average molecular weight is 307 g/mol. The van der Waals surface area contributed by atoms with Crippen molar-refractivity contribution in [2.45, 2.75) is 32.8 Å². The molecule has 0 saturated carbocycles. The minimum Gasteiger partial charge on any atom is -0.444 e. The van der Waals surface area contributed by atoms with Crippen molar-refractivity contribution in [1.82, 2.24) is 13.5 Å². The van der Waals surface area contributed by atoms with Gasteiger partial charge in [-0.1, -0.05) is 0 Å². The first-order valence-corrected chi connectivity index (χ1v) is 8.09. The van der Waals surface area contributed by atoms with E-state index < -0.39 is 15.8 Å². The summed E-state index contributed by atoms with van der Waals surface area (Å²) in [5, 5.41) is 0. The van der Waals surface area contributed by atoms with Gasteiger partial charge in [-0.15, -0.1) is 0 Å². The lowest BCUT2D eigenvalue weighted by atomic mass is 10.2. The Morgan fingerprint density at radius 1 is 1.10 bits per heavy atom. The molecule has 0 aromatic carbocycles. The third-order valence-corrected chi connectivity index (χ3v) is 4.83. The first kappa shape index (κ1) is 17.2. The molecule has 1 fully saturated rings. The van der Waals surface area contributed by atoms with Crippen molar-refractivity contribution in [3.63, 3.8) is 0 Å². The van der Waals surface area contributed by atoms with Gasteiger partial charge in [0.15, 0.2) is 0 Å². The summed E-state index contributed by atoms with van der Waals surface area (Å²) in [5.74, 6) is 0. The van der Waals surface area contributed by atoms with E-state index in [4.69, 9.17) is 4.74 Å². The molecule has 7 nitrogen and oxygen atoms in total. The minimum absolute atomic E-state index is 0.291. The van der Waals surface area contributed by atoms with E-state index in [1.54, 1.807) is 4.90 Å². The Balaban J connectivity index is 2.67. The fourth-order valence-corrected chi connectivity index (χ4v) is 3.00. The number of carbonyl (C=O) groups excluding carboxylic acids is 1. The first-order valence-electron chi connectivity index (χ1n) is 6.69. The monoisotopic (exact) mass is 307 g/mol. The van der Waals surface area contributed by atoms with E-state index in [9.17, 15) is 13.2 Å². The number of amides is 1. The van der Waals surface area contributed by atoms with Gasteiger partial charge < -0.3 is 9.64 Å². The van der Waals surface area contributed by atoms with Gasteiger partial charge >= 0.3 is 6.09 Å². The molecule has 1 saturated heterocycles. The Kier molecular flexibility index (Phi) is 5.39. The molecular formula is C12H25N3O4S. The predicted octanol–water partition coefficient (Wildman–Crippen LogP) is 0.736. The Morgan fingerprint density at radius 2 is 1.70 bits per heavy atom. The van der Waals surface area contributed by atoms with E-state index >= 15 is 0 Å². The lowest BCUT2D eigenvalue weighted by molar-refractivity contribution is 0.0260. The summed E-state index contributed by atoms with van der Waals surface area (Å²) in [6.07, 6.45) is 0.216. The fourth-order valence-electron chi connectivity index (χ4n) is 1.86. The maximum absolute atomic E-state index is 12.1. The molecular weight excluding hydrogens is 282 g/mol. The van der Waals surface area contributed by atoms with E-state index in [1.807, 2.05) is 20.8 Å². The Hall–Kier alpha value is -0.860. The zero-order valence-corrected chi connectivity index (χ0v) is 13.7. The molecule has 0 aliphatic carbocycles. The highest BCUT2D eigenvalue weighted by Crippen LogP contribution is 2.14. The van der Waals surface area contributed by atoms with E-state index in [1.165, 1.54) is 22.7 Å². The van der Waals surface area contributed by atoms with Crippen LogP contribution in [-0.2, 0) is 14.9 Å². The molecule has 0 aromatic heterocycles. The highest BCUT2D eigenvalue weighted by Gasteiger charge is 2.29. The van der Waals surface area contributed by atoms with Crippen LogP contribution in [0.5, 0.6) is 0 Å². The summed E-state index contributed by atoms with van der Waals surface area (Å²) in [6, 6.07) is 0. The van der Waals surface area contributed by atoms with Crippen molar-refractivity contribution < 1.29 is 17.9 Å². The summed E-state index contributed by atoms with van der Waals surface area (Å²) in [4.78, 5) is 13.5. The van der Waals surface area contributed by atoms with Gasteiger partial charge in [-0.2, -0.15) is 17.0 Å². The Bertz CT molecular complexity index is 442. The number of ether oxygens (including phenoxy) is 1. The van der Waals surface area contributed by atoms with Gasteiger partial charge in [0.05, 0.1) is 0 Å². The molecule has 1 heterocycles. The van der Waals surface area contributed by atoms with Crippen LogP contribution in [0, 0.1) is 0 Å². The van der Waals surface area contributed by atoms with Gasteiger partial charge in [0, 0.05) is 40.3 Å². The summed E-state index contributed by atoms with van der Waals surface area (Å²) in [6.45, 7) is 7.00. The zero-order valence-electron chi connectivity index (χ0n) is 12.9. The molecule has 0 spiro atoms. The number of carbonyl (C=O) groups is 1. The van der Waals surface area contributed by atoms with Crippen molar-refractivity contribution >= 4 is 16.3 Å². The minimum atomic E-state index is -3.42. The maximum atomic E-state index is 12.1. The number of hydrogen-bond acceptors (Lipinski definition) is 4. The maximum Gasteiger partial charge on any atom is 0.410 e. The second-order valence-electron chi connectivity index (χ2n) is 6.01. The van der Waals surface area contributed by atoms with Gasteiger partial charge in [-0.3, -0.25) is 0 Å². The number of rotatable bonds is 2. The molecule has 20 heavy (non-hydrogen) atoms. The standard InChI is InChI=1S/C12H25N3O4S/c1-12(2,3)19-11(16)14-7-6-8-15(10-9-14)20(17,18)13(4)5/h6-10H2,1-5H3. The normalized spacial score (nSPS) is 19.0. The third kappa shape index (κ3) is 4.60. The van der Waals surface area contributed by atoms with Crippen molar-refractivity contribution in [2.24, 2.45) is 0 Å². The van der Waals surface area contributed by atoms with Crippen LogP contribution in [0.2, 0.25) is 0 Å². The molecule has 1 aliphatic rings. The van der Waals surface area contributed by atoms with E-state index in [0.29, 0.717) is 32.6 Å². The zero-order chi connectivity index (χ0) is 15.6. The molecule has 0 bridgehead atoms. The van der Waals surface area contributed by atoms with Crippen LogP contribution in [-0.4, -0.2) is 73.9 Å². The molecule has 1 rings (SSSR count). The van der Waals surface area contributed by atoms with E-state index in [0.717, 1.165) is 0 Å². The van der Waals surface area contributed by atoms with Gasteiger partial charge in [0.25, 0.3) is 10.2 Å². The van der Waals surface area contributed by atoms with Crippen LogP contribution in [0.3, 0.4) is 0 Å². The second-order valence-corrected chi connectivity index (χ2v) is 8.15. The lowest BCUT2D eigenvalue weighted by Gasteiger charge is -2.27. The van der Waals surface area contributed by atoms with Crippen molar-refractivity contribution in [2.75, 3.05) is 40.3 Å². The quantitative estimate of drug-likeness (QED) is 0.754. The van der Waals surface area contributed by atoms with E-state index in [2.05, 4.69) is 0 Å². The van der Waals surface area contributed by atoms with Gasteiger partial charge in [-0.25, -0.2) is 4.79 Å². The largest absolute Gasteiger partial charge is 0.444 e. The van der Waals surface area contributed by atoms with Crippen LogP contribution in [0.4, 0.5) is 4.79 Å². The summed E-state index contributed by atoms with van der Waals surface area (Å²) in [5.41, 5.74) is -0.543. The number of nitrogens with zero attached hydrogens (tertiary/aromatic N) is 3. The lowest BCUT2D eigenvalue weighted by Crippen LogP contribution is -2.43. The smallest absolute Gasteiger partial charge is 0.410 e. The molecule has 0 atom stereocenters. The number of hydrogen-bond donors (Lipinski definition) is 0. The van der Waals surface area contributed by atoms with Crippen LogP contribution in [0.15, 0.2) is 0 Å². The molecule has 0 unspecified atom stereocenters. The van der Waals surface area contributed by atoms with Crippen LogP contribution in [0.1, 0.15) is 27.2 Å². The molecule has 0 N–H and O–H groups in total. The highest BCUT2D eigenvalue weighted by molar-refractivity contribution is 7.86. The van der Waals surface area contributed by atoms with Crippen LogP contribution < -0.4 is 0 Å². The van der Waals surface area contributed by atoms with Crippen molar-refractivity contribution in [1.29, 1.82) is 0 Å². The Morgan fingerprint density at radius 3 is 2.20 bits per heavy atom. The fraction of sp³-hybridized carbons (Fsp3) is 0.917. The average Bonchev–Trinajstić information content (AvgIpc) is 2.51. The van der Waals surface area contributed by atoms with E-state index in [-0.39, 0.29) is 6.09 Å². The molecule has 1 amide bonds. The molecule has 0 radical (unpaired) electrons. The summed E-state index contributed by atoms with van der Waals surface area (Å²) < 4.78 is 32.0. The van der Waals surface area contributed by atoms with Crippen LogP contribution >= 0.6 is 0 Å². The summed E-state index contributed by atoms with van der Waals surface area (Å²) >= 11 is 0. The van der Waals surface area contributed by atoms with Crippen LogP contribution in [0.25, 0.3) is 0 Å². The topological polar surface area (TPSA) is 70.2 Å². The van der Waals surface area contributed by atoms with Gasteiger partial charge in [0.1, 0.15) is 5.60 Å². The van der Waals surface area contributed by atoms with Crippen molar-refractivity contribution in [3.05, 3.63) is 0 Å². The molecule has 1 aliphatic heterocycles. The van der Waals surface area contributed by atoms with Gasteiger partial charge in [0.2, 0.25) is 0 Å². The summed E-state index contributed by atoms with van der Waals surface area (Å²) in [7, 11) is -0.408. The third-order valence-electron chi connectivity index (χ3n) is 2.89. The molecule has 8 heteroatoms. The predicted molar refractivity (Wildman–Crippen MR) is 76.6 cm³/mol. The second kappa shape index (κ2) is 6.28. The molecule has 118 valence electrons. The Labute approximate surface area is 121 Å².